The number of hydrogen-bond donors (Lipinski definition) is 3. The van der Waals surface area contributed by atoms with Crippen LogP contribution in [0.2, 0.25) is 0 Å². The van der Waals surface area contributed by atoms with E-state index >= 15 is 0 Å². The van der Waals surface area contributed by atoms with Gasteiger partial charge in [-0.15, -0.1) is 0 Å². The van der Waals surface area contributed by atoms with E-state index in [1.807, 2.05) is 12.2 Å². The Hall–Kier alpha value is -4.12. The van der Waals surface area contributed by atoms with Crippen LogP contribution in [0.1, 0.15) is 142 Å². The zero-order valence-electron chi connectivity index (χ0n) is 37.7. The molecule has 0 aromatic carbocycles. The first-order valence-electron chi connectivity index (χ1n) is 22.6. The van der Waals surface area contributed by atoms with Crippen LogP contribution in [-0.4, -0.2) is 59.9 Å². The van der Waals surface area contributed by atoms with E-state index in [1.165, 1.54) is 19.3 Å². The van der Waals surface area contributed by atoms with Crippen LogP contribution in [0.25, 0.3) is 0 Å². The summed E-state index contributed by atoms with van der Waals surface area (Å²) in [5.41, 5.74) is 5.33. The molecule has 348 valence electrons. The van der Waals surface area contributed by atoms with E-state index in [0.29, 0.717) is 12.8 Å². The summed E-state index contributed by atoms with van der Waals surface area (Å²) in [6, 6.07) is -1.54. The Morgan fingerprint density at radius 3 is 1.39 bits per heavy atom. The van der Waals surface area contributed by atoms with Crippen LogP contribution >= 0.6 is 7.82 Å². The number of carbonyl (C=O) groups excluding carboxylic acids is 2. The Kier molecular flexibility index (Phi) is 40.6. The molecule has 0 bridgehead atoms. The van der Waals surface area contributed by atoms with Crippen LogP contribution in [0.3, 0.4) is 0 Å². The Balaban J connectivity index is 4.56. The molecule has 0 spiro atoms. The van der Waals surface area contributed by atoms with E-state index in [1.54, 1.807) is 0 Å². The van der Waals surface area contributed by atoms with Crippen LogP contribution in [-0.2, 0) is 37.5 Å². The van der Waals surface area contributed by atoms with Gasteiger partial charge in [-0.1, -0.05) is 155 Å². The third-order valence-electron chi connectivity index (χ3n) is 8.71. The van der Waals surface area contributed by atoms with E-state index in [9.17, 15) is 23.8 Å². The minimum atomic E-state index is -4.75. The van der Waals surface area contributed by atoms with Crippen molar-refractivity contribution in [1.29, 1.82) is 0 Å². The summed E-state index contributed by atoms with van der Waals surface area (Å²) in [6.45, 7) is 2.53. The molecule has 0 saturated heterocycles. The molecule has 1 unspecified atom stereocenters. The predicted molar refractivity (Wildman–Crippen MR) is 253 cm³/mol. The summed E-state index contributed by atoms with van der Waals surface area (Å²) in [6.07, 6.45) is 58.5. The van der Waals surface area contributed by atoms with E-state index < -0.39 is 57.7 Å². The Morgan fingerprint density at radius 2 is 0.935 bits per heavy atom. The van der Waals surface area contributed by atoms with Gasteiger partial charge in [-0.25, -0.2) is 4.57 Å². The molecule has 0 aliphatic heterocycles. The number of esters is 2. The van der Waals surface area contributed by atoms with Gasteiger partial charge < -0.3 is 25.2 Å². The number of rotatable bonds is 40. The minimum absolute atomic E-state index is 0.0826. The summed E-state index contributed by atoms with van der Waals surface area (Å²) in [7, 11) is -4.75. The van der Waals surface area contributed by atoms with E-state index in [4.69, 9.17) is 24.8 Å². The Morgan fingerprint density at radius 1 is 0.516 bits per heavy atom. The first-order valence-corrected chi connectivity index (χ1v) is 24.1. The maximum absolute atomic E-state index is 12.6. The highest BCUT2D eigenvalue weighted by atomic mass is 31.2. The fourth-order valence-electron chi connectivity index (χ4n) is 5.19. The van der Waals surface area contributed by atoms with Gasteiger partial charge in [-0.05, 0) is 96.3 Å². The highest BCUT2D eigenvalue weighted by Crippen LogP contribution is 2.43. The van der Waals surface area contributed by atoms with Crippen molar-refractivity contribution in [2.75, 3.05) is 19.8 Å². The molecule has 0 heterocycles. The fraction of sp³-hybridized carbons (Fsp3) is 0.540. The lowest BCUT2D eigenvalue weighted by Gasteiger charge is -2.20. The highest BCUT2D eigenvalue weighted by molar-refractivity contribution is 7.47. The van der Waals surface area contributed by atoms with Crippen molar-refractivity contribution in [2.24, 2.45) is 5.73 Å². The summed E-state index contributed by atoms with van der Waals surface area (Å²) >= 11 is 0. The van der Waals surface area contributed by atoms with Gasteiger partial charge in [-0.2, -0.15) is 0 Å². The molecule has 0 radical (unpaired) electrons. The van der Waals surface area contributed by atoms with Crippen LogP contribution in [0.4, 0.5) is 0 Å². The van der Waals surface area contributed by atoms with Gasteiger partial charge in [0.15, 0.2) is 6.10 Å². The third-order valence-corrected chi connectivity index (χ3v) is 9.66. The Labute approximate surface area is 373 Å². The zero-order valence-corrected chi connectivity index (χ0v) is 38.5. The SMILES string of the molecule is CC/C=C\C/C=C\C/C=C\C/C=C\C/C=C\CCCCCC(=O)O[C@H](COC(=O)CC/C=C\C/C=C\C/C=C\C/C=C\C/C=C\CCCCC)COP(=O)(O)OC[C@H](N)C(=O)O. The second-order valence-corrected chi connectivity index (χ2v) is 15.9. The molecule has 0 aliphatic rings. The minimum Gasteiger partial charge on any atom is -0.480 e. The summed E-state index contributed by atoms with van der Waals surface area (Å²) < 4.78 is 32.6. The predicted octanol–water partition coefficient (Wildman–Crippen LogP) is 12.4. The molecular formula is C50H78NO10P. The highest BCUT2D eigenvalue weighted by Gasteiger charge is 2.28. The van der Waals surface area contributed by atoms with E-state index in [-0.39, 0.29) is 12.8 Å². The van der Waals surface area contributed by atoms with Gasteiger partial charge in [-0.3, -0.25) is 23.4 Å². The average Bonchev–Trinajstić information content (AvgIpc) is 3.25. The van der Waals surface area contributed by atoms with Crippen molar-refractivity contribution in [3.63, 3.8) is 0 Å². The number of carbonyl (C=O) groups is 3. The molecule has 0 aromatic rings. The number of hydrogen-bond acceptors (Lipinski definition) is 9. The van der Waals surface area contributed by atoms with Crippen LogP contribution in [0.5, 0.6) is 0 Å². The number of carboxylic acids is 1. The molecule has 4 N–H and O–H groups in total. The number of phosphoric ester groups is 1. The zero-order chi connectivity index (χ0) is 45.6. The number of aliphatic carboxylic acids is 1. The molecule has 0 saturated carbocycles. The lowest BCUT2D eigenvalue weighted by Crippen LogP contribution is -2.34. The number of allylic oxidation sites excluding steroid dienone is 20. The first kappa shape index (κ1) is 57.9. The van der Waals surface area contributed by atoms with Crippen molar-refractivity contribution >= 4 is 25.7 Å². The molecular weight excluding hydrogens is 806 g/mol. The van der Waals surface area contributed by atoms with Gasteiger partial charge in [0.1, 0.15) is 12.6 Å². The standard InChI is InChI=1S/C50H78NO10P/c1-3-5-7-9-11-13-15-17-19-21-23-25-27-29-31-33-35-37-39-41-48(52)58-43-46(44-59-62(56,57)60-45-47(51)50(54)55)61-49(53)42-40-38-36-34-32-30-28-26-24-22-20-18-16-14-12-10-8-6-4-2/h6,8,11-14,17-20,23-26,29-32,35,37,46-47H,3-5,7,9-10,15-16,21-22,27-28,33-34,36,38-45,51H2,1-2H3,(H,54,55)(H,56,57)/b8-6-,13-11-,14-12-,19-17-,20-18-,25-23-,26-24-,31-29-,32-30-,37-35-/t46-,47+/m1/s1. The molecule has 0 amide bonds. The average molecular weight is 884 g/mol. The number of unbranched alkanes of at least 4 members (excludes halogenated alkanes) is 6. The largest absolute Gasteiger partial charge is 0.480 e. The van der Waals surface area contributed by atoms with Crippen LogP contribution < -0.4 is 5.73 Å². The summed E-state index contributed by atoms with van der Waals surface area (Å²) in [5, 5.41) is 8.90. The van der Waals surface area contributed by atoms with Gasteiger partial charge in [0.25, 0.3) is 0 Å². The number of carboxylic acid groups (broad SMARTS) is 1. The lowest BCUT2D eigenvalue weighted by molar-refractivity contribution is -0.161. The molecule has 0 aromatic heterocycles. The molecule has 12 heteroatoms. The van der Waals surface area contributed by atoms with Crippen molar-refractivity contribution in [3.8, 4) is 0 Å². The van der Waals surface area contributed by atoms with E-state index in [2.05, 4.69) is 128 Å². The fourth-order valence-corrected chi connectivity index (χ4v) is 5.97. The topological polar surface area (TPSA) is 172 Å². The number of ether oxygens (including phenoxy) is 2. The number of nitrogens with two attached hydrogens (primary N) is 1. The number of phosphoric acid groups is 1. The van der Waals surface area contributed by atoms with Crippen LogP contribution in [0.15, 0.2) is 122 Å². The lowest BCUT2D eigenvalue weighted by atomic mass is 10.1. The normalized spacial score (nSPS) is 14.8. The molecule has 0 rings (SSSR count). The summed E-state index contributed by atoms with van der Waals surface area (Å²) in [4.78, 5) is 46.0. The molecule has 11 nitrogen and oxygen atoms in total. The van der Waals surface area contributed by atoms with Crippen molar-refractivity contribution in [2.45, 2.75) is 154 Å². The van der Waals surface area contributed by atoms with Crippen LogP contribution in [0, 0.1) is 0 Å². The smallest absolute Gasteiger partial charge is 0.472 e. The quantitative estimate of drug-likeness (QED) is 0.0231. The molecule has 0 aliphatic carbocycles. The van der Waals surface area contributed by atoms with Crippen molar-refractivity contribution < 1.29 is 47.5 Å². The second kappa shape index (κ2) is 43.5. The molecule has 3 atom stereocenters. The van der Waals surface area contributed by atoms with Gasteiger partial charge >= 0.3 is 25.7 Å². The molecule has 0 fully saturated rings. The van der Waals surface area contributed by atoms with E-state index in [0.717, 1.165) is 83.5 Å². The summed E-state index contributed by atoms with van der Waals surface area (Å²) in [5.74, 6) is -2.54. The van der Waals surface area contributed by atoms with Gasteiger partial charge in [0, 0.05) is 12.8 Å². The van der Waals surface area contributed by atoms with Gasteiger partial charge in [0.05, 0.1) is 13.2 Å². The van der Waals surface area contributed by atoms with Crippen molar-refractivity contribution in [3.05, 3.63) is 122 Å². The maximum Gasteiger partial charge on any atom is 0.472 e. The Bertz CT molecular complexity index is 1500. The maximum atomic E-state index is 12.6. The first-order chi connectivity index (χ1) is 30.1. The van der Waals surface area contributed by atoms with Gasteiger partial charge in [0.2, 0.25) is 0 Å². The second-order valence-electron chi connectivity index (χ2n) is 14.4. The molecule has 62 heavy (non-hydrogen) atoms. The monoisotopic (exact) mass is 884 g/mol. The third kappa shape index (κ3) is 42.6. The van der Waals surface area contributed by atoms with Crippen molar-refractivity contribution in [1.82, 2.24) is 0 Å².